The van der Waals surface area contributed by atoms with Gasteiger partial charge in [-0.05, 0) is 37.8 Å². The van der Waals surface area contributed by atoms with Crippen LogP contribution in [0.4, 0.5) is 0 Å². The molecule has 1 aliphatic heterocycles. The maximum absolute atomic E-state index is 12.2. The van der Waals surface area contributed by atoms with Gasteiger partial charge in [0.05, 0.1) is 0 Å². The van der Waals surface area contributed by atoms with Gasteiger partial charge in [0.2, 0.25) is 11.8 Å². The number of hydrogen-bond donors (Lipinski definition) is 1. The number of rotatable bonds is 5. The van der Waals surface area contributed by atoms with Crippen LogP contribution >= 0.6 is 0 Å². The summed E-state index contributed by atoms with van der Waals surface area (Å²) in [6, 6.07) is 10.1. The number of benzene rings is 1. The Labute approximate surface area is 145 Å². The zero-order valence-electron chi connectivity index (χ0n) is 14.1. The van der Waals surface area contributed by atoms with E-state index in [1.165, 1.54) is 12.8 Å². The molecule has 4 rings (SSSR count). The topological polar surface area (TPSA) is 80.4 Å². The van der Waals surface area contributed by atoms with Crippen LogP contribution < -0.4 is 11.1 Å². The summed E-state index contributed by atoms with van der Waals surface area (Å²) in [5.41, 5.74) is 0.714. The quantitative estimate of drug-likeness (QED) is 0.884. The molecule has 0 radical (unpaired) electrons. The van der Waals surface area contributed by atoms with E-state index in [1.54, 1.807) is 0 Å². The van der Waals surface area contributed by atoms with Crippen molar-refractivity contribution in [3.63, 3.8) is 0 Å². The highest BCUT2D eigenvalue weighted by Gasteiger charge is 2.32. The standard InChI is InChI=1S/C18H22N4O3/c23-16(19-14-8-10-21(11-9-14)15-6-7-15)12-22-18(24)25-17(20-22)13-4-2-1-3-5-13/h1-5,14-15H,6-12H2,(H,19,23). The van der Waals surface area contributed by atoms with Crippen LogP contribution in [0.3, 0.4) is 0 Å². The van der Waals surface area contributed by atoms with Gasteiger partial charge in [-0.2, -0.15) is 4.68 Å². The number of carbonyl (C=O) groups is 1. The van der Waals surface area contributed by atoms with Crippen molar-refractivity contribution in [1.82, 2.24) is 20.0 Å². The predicted octanol–water partition coefficient (Wildman–Crippen LogP) is 1.25. The fourth-order valence-electron chi connectivity index (χ4n) is 3.36. The minimum absolute atomic E-state index is 0.113. The van der Waals surface area contributed by atoms with Gasteiger partial charge in [0.25, 0.3) is 0 Å². The number of nitrogens with one attached hydrogen (secondary N) is 1. The molecule has 2 aromatic rings. The van der Waals surface area contributed by atoms with Crippen molar-refractivity contribution in [3.05, 3.63) is 40.9 Å². The summed E-state index contributed by atoms with van der Waals surface area (Å²) < 4.78 is 6.23. The Balaban J connectivity index is 1.33. The first-order valence-electron chi connectivity index (χ1n) is 8.86. The average Bonchev–Trinajstić information content (AvgIpc) is 3.41. The highest BCUT2D eigenvalue weighted by atomic mass is 16.4. The number of likely N-dealkylation sites (tertiary alicyclic amines) is 1. The van der Waals surface area contributed by atoms with Crippen molar-refractivity contribution in [3.8, 4) is 11.5 Å². The molecule has 2 aliphatic rings. The lowest BCUT2D eigenvalue weighted by Crippen LogP contribution is -2.46. The van der Waals surface area contributed by atoms with E-state index in [9.17, 15) is 9.59 Å². The molecule has 0 spiro atoms. The second-order valence-electron chi connectivity index (χ2n) is 6.81. The lowest BCUT2D eigenvalue weighted by atomic mass is 10.0. The average molecular weight is 342 g/mol. The van der Waals surface area contributed by atoms with Crippen LogP contribution in [0, 0.1) is 0 Å². The molecule has 2 fully saturated rings. The summed E-state index contributed by atoms with van der Waals surface area (Å²) in [4.78, 5) is 26.7. The lowest BCUT2D eigenvalue weighted by Gasteiger charge is -2.32. The molecule has 1 aromatic heterocycles. The van der Waals surface area contributed by atoms with E-state index in [1.807, 2.05) is 30.3 Å². The number of nitrogens with zero attached hydrogens (tertiary/aromatic N) is 3. The van der Waals surface area contributed by atoms with Crippen molar-refractivity contribution in [2.45, 2.75) is 44.3 Å². The summed E-state index contributed by atoms with van der Waals surface area (Å²) in [5, 5.41) is 7.14. The summed E-state index contributed by atoms with van der Waals surface area (Å²) in [6.45, 7) is 1.97. The van der Waals surface area contributed by atoms with E-state index in [0.717, 1.165) is 36.7 Å². The molecule has 132 valence electrons. The Morgan fingerprint density at radius 2 is 1.88 bits per heavy atom. The molecule has 7 heteroatoms. The first-order chi connectivity index (χ1) is 12.2. The molecule has 0 atom stereocenters. The van der Waals surface area contributed by atoms with E-state index in [0.29, 0.717) is 5.56 Å². The van der Waals surface area contributed by atoms with Crippen LogP contribution in [0.25, 0.3) is 11.5 Å². The van der Waals surface area contributed by atoms with Crippen molar-refractivity contribution < 1.29 is 9.21 Å². The summed E-state index contributed by atoms with van der Waals surface area (Å²) in [5.74, 6) is -0.575. The molecule has 1 amide bonds. The Bertz CT molecular complexity index is 786. The monoisotopic (exact) mass is 342 g/mol. The van der Waals surface area contributed by atoms with Crippen LogP contribution in [-0.4, -0.2) is 45.8 Å². The van der Waals surface area contributed by atoms with Crippen molar-refractivity contribution >= 4 is 5.91 Å². The van der Waals surface area contributed by atoms with Crippen molar-refractivity contribution in [1.29, 1.82) is 0 Å². The molecule has 0 bridgehead atoms. The fraction of sp³-hybridized carbons (Fsp3) is 0.500. The number of piperidine rings is 1. The molecule has 25 heavy (non-hydrogen) atoms. The van der Waals surface area contributed by atoms with Gasteiger partial charge in [0.15, 0.2) is 0 Å². The second-order valence-corrected chi connectivity index (χ2v) is 6.81. The van der Waals surface area contributed by atoms with E-state index < -0.39 is 5.76 Å². The number of aromatic nitrogens is 2. The van der Waals surface area contributed by atoms with Gasteiger partial charge in [-0.3, -0.25) is 4.79 Å². The van der Waals surface area contributed by atoms with Crippen LogP contribution in [0.1, 0.15) is 25.7 Å². The molecule has 1 aliphatic carbocycles. The number of hydrogen-bond acceptors (Lipinski definition) is 5. The second kappa shape index (κ2) is 6.84. The Hall–Kier alpha value is -2.41. The maximum atomic E-state index is 12.2. The largest absolute Gasteiger partial charge is 0.437 e. The van der Waals surface area contributed by atoms with Gasteiger partial charge in [-0.25, -0.2) is 4.79 Å². The van der Waals surface area contributed by atoms with Gasteiger partial charge in [0, 0.05) is 30.7 Å². The van der Waals surface area contributed by atoms with Crippen LogP contribution in [0.5, 0.6) is 0 Å². The molecular weight excluding hydrogens is 320 g/mol. The Morgan fingerprint density at radius 3 is 2.56 bits per heavy atom. The zero-order chi connectivity index (χ0) is 17.2. The summed E-state index contributed by atoms with van der Waals surface area (Å²) in [6.07, 6.45) is 4.56. The van der Waals surface area contributed by atoms with Crippen LogP contribution in [0.2, 0.25) is 0 Å². The van der Waals surface area contributed by atoms with Crippen LogP contribution in [-0.2, 0) is 11.3 Å². The molecule has 1 aromatic carbocycles. The number of amides is 1. The third kappa shape index (κ3) is 3.82. The van der Waals surface area contributed by atoms with Gasteiger partial charge in [0.1, 0.15) is 6.54 Å². The Kier molecular flexibility index (Phi) is 4.40. The van der Waals surface area contributed by atoms with E-state index in [2.05, 4.69) is 15.3 Å². The lowest BCUT2D eigenvalue weighted by molar-refractivity contribution is -0.123. The summed E-state index contributed by atoms with van der Waals surface area (Å²) >= 11 is 0. The normalized spacial score (nSPS) is 19.0. The highest BCUT2D eigenvalue weighted by molar-refractivity contribution is 5.76. The van der Waals surface area contributed by atoms with Gasteiger partial charge in [-0.15, -0.1) is 5.10 Å². The van der Waals surface area contributed by atoms with Gasteiger partial charge < -0.3 is 14.6 Å². The Morgan fingerprint density at radius 1 is 1.16 bits per heavy atom. The van der Waals surface area contributed by atoms with E-state index in [4.69, 9.17) is 4.42 Å². The van der Waals surface area contributed by atoms with Gasteiger partial charge in [-0.1, -0.05) is 18.2 Å². The minimum Gasteiger partial charge on any atom is -0.388 e. The fourth-order valence-corrected chi connectivity index (χ4v) is 3.36. The minimum atomic E-state index is -0.613. The summed E-state index contributed by atoms with van der Waals surface area (Å²) in [7, 11) is 0. The first-order valence-corrected chi connectivity index (χ1v) is 8.86. The van der Waals surface area contributed by atoms with Crippen molar-refractivity contribution in [2.75, 3.05) is 13.1 Å². The third-order valence-corrected chi connectivity index (χ3v) is 4.88. The molecule has 0 unspecified atom stereocenters. The SMILES string of the molecule is O=C(Cn1nc(-c2ccccc2)oc1=O)NC1CCN(C2CC2)CC1. The zero-order valence-corrected chi connectivity index (χ0v) is 14.1. The first kappa shape index (κ1) is 16.1. The number of carbonyl (C=O) groups excluding carboxylic acids is 1. The molecule has 2 heterocycles. The molecule has 1 saturated heterocycles. The maximum Gasteiger partial charge on any atom is 0.437 e. The third-order valence-electron chi connectivity index (χ3n) is 4.88. The molecule has 1 saturated carbocycles. The van der Waals surface area contributed by atoms with Gasteiger partial charge >= 0.3 is 5.76 Å². The molecular formula is C18H22N4O3. The van der Waals surface area contributed by atoms with E-state index in [-0.39, 0.29) is 24.4 Å². The van der Waals surface area contributed by atoms with Crippen molar-refractivity contribution in [2.24, 2.45) is 0 Å². The van der Waals surface area contributed by atoms with E-state index >= 15 is 0 Å². The van der Waals surface area contributed by atoms with Crippen LogP contribution in [0.15, 0.2) is 39.5 Å². The predicted molar refractivity (Wildman–Crippen MR) is 92.0 cm³/mol. The molecule has 7 nitrogen and oxygen atoms in total. The molecule has 1 N–H and O–H groups in total. The smallest absolute Gasteiger partial charge is 0.388 e. The highest BCUT2D eigenvalue weighted by Crippen LogP contribution is 2.29.